The zero-order valence-electron chi connectivity index (χ0n) is 21.0. The minimum atomic E-state index is -4.68. The van der Waals surface area contributed by atoms with Gasteiger partial charge in [0.1, 0.15) is 5.75 Å². The van der Waals surface area contributed by atoms with E-state index in [1.165, 1.54) is 6.07 Å². The van der Waals surface area contributed by atoms with Crippen LogP contribution in [0.1, 0.15) is 11.1 Å². The first-order valence-electron chi connectivity index (χ1n) is 12.3. The van der Waals surface area contributed by atoms with Gasteiger partial charge in [0.05, 0.1) is 17.2 Å². The Hall–Kier alpha value is -4.97. The number of nitrogens with zero attached hydrogens (tertiary/aromatic N) is 3. The molecule has 12 heteroatoms. The number of hydrogen-bond acceptors (Lipinski definition) is 6. The van der Waals surface area contributed by atoms with Gasteiger partial charge in [-0.05, 0) is 34.9 Å². The second-order valence-corrected chi connectivity index (χ2v) is 11.8. The van der Waals surface area contributed by atoms with Gasteiger partial charge in [-0.3, -0.25) is 24.6 Å². The summed E-state index contributed by atoms with van der Waals surface area (Å²) in [7, 11) is -4.68. The molecule has 2 heterocycles. The molecule has 2 amide bonds. The number of halogens is 2. The predicted octanol–water partition coefficient (Wildman–Crippen LogP) is 4.70. The summed E-state index contributed by atoms with van der Waals surface area (Å²) in [5.74, 6) is -5.84. The van der Waals surface area contributed by atoms with E-state index in [2.05, 4.69) is 0 Å². The van der Waals surface area contributed by atoms with E-state index < -0.39 is 54.5 Å². The third kappa shape index (κ3) is 3.90. The van der Waals surface area contributed by atoms with Gasteiger partial charge >= 0.3 is 0 Å². The molecule has 4 aromatic carbocycles. The summed E-state index contributed by atoms with van der Waals surface area (Å²) in [6, 6.07) is 22.3. The van der Waals surface area contributed by atoms with Gasteiger partial charge in [0, 0.05) is 29.4 Å². The standard InChI is InChI=1S/C29H19F2N3O6S/c30-24-12-10-21(15-25(24)31)33-27(35)17-41(39,40)29(33)23-14-22(34(37)38)11-13-26(23)32(28(29)36)16-18-6-8-20(9-7-18)19-4-2-1-3-5-19/h1-15H,16-17H2. The highest BCUT2D eigenvalue weighted by Crippen LogP contribution is 2.53. The number of carbonyl (C=O) groups is 2. The Labute approximate surface area is 232 Å². The highest BCUT2D eigenvalue weighted by molar-refractivity contribution is 7.94. The van der Waals surface area contributed by atoms with Crippen LogP contribution < -0.4 is 9.80 Å². The van der Waals surface area contributed by atoms with Gasteiger partial charge in [0.25, 0.3) is 16.5 Å². The molecular weight excluding hydrogens is 556 g/mol. The van der Waals surface area contributed by atoms with Crippen LogP contribution in [0.2, 0.25) is 0 Å². The number of fused-ring (bicyclic) bond motifs is 2. The highest BCUT2D eigenvalue weighted by atomic mass is 32.2. The number of nitro groups is 1. The third-order valence-corrected chi connectivity index (χ3v) is 9.38. The Morgan fingerprint density at radius 3 is 2.20 bits per heavy atom. The maximum atomic E-state index is 14.3. The lowest BCUT2D eigenvalue weighted by atomic mass is 10.0. The lowest BCUT2D eigenvalue weighted by Gasteiger charge is -2.32. The van der Waals surface area contributed by atoms with Crippen LogP contribution in [0.15, 0.2) is 91.0 Å². The molecule has 0 bridgehead atoms. The minimum absolute atomic E-state index is 0.0404. The van der Waals surface area contributed by atoms with Gasteiger partial charge in [-0.15, -0.1) is 0 Å². The summed E-state index contributed by atoms with van der Waals surface area (Å²) < 4.78 is 55.5. The number of amides is 2. The normalized spacial score (nSPS) is 19.2. The van der Waals surface area contributed by atoms with E-state index in [4.69, 9.17) is 0 Å². The average molecular weight is 576 g/mol. The molecule has 1 unspecified atom stereocenters. The first-order chi connectivity index (χ1) is 19.5. The van der Waals surface area contributed by atoms with Crippen LogP contribution in [0.25, 0.3) is 11.1 Å². The van der Waals surface area contributed by atoms with Crippen molar-refractivity contribution in [2.24, 2.45) is 0 Å². The maximum absolute atomic E-state index is 14.3. The van der Waals surface area contributed by atoms with Crippen LogP contribution in [-0.4, -0.2) is 30.9 Å². The second-order valence-electron chi connectivity index (χ2n) is 9.64. The van der Waals surface area contributed by atoms with E-state index in [0.717, 1.165) is 34.2 Å². The molecule has 41 heavy (non-hydrogen) atoms. The predicted molar refractivity (Wildman–Crippen MR) is 145 cm³/mol. The molecule has 0 N–H and O–H groups in total. The van der Waals surface area contributed by atoms with Gasteiger partial charge < -0.3 is 4.90 Å². The zero-order valence-corrected chi connectivity index (χ0v) is 21.8. The van der Waals surface area contributed by atoms with Crippen LogP contribution in [0.3, 0.4) is 0 Å². The number of sulfone groups is 1. The summed E-state index contributed by atoms with van der Waals surface area (Å²) in [4.78, 5) is 37.3. The van der Waals surface area contributed by atoms with Gasteiger partial charge in [-0.2, -0.15) is 0 Å². The lowest BCUT2D eigenvalue weighted by molar-refractivity contribution is -0.384. The van der Waals surface area contributed by atoms with E-state index in [9.17, 15) is 36.9 Å². The highest BCUT2D eigenvalue weighted by Gasteiger charge is 2.70. The largest absolute Gasteiger partial charge is 0.304 e. The Balaban J connectivity index is 1.51. The molecule has 0 radical (unpaired) electrons. The molecule has 0 aliphatic carbocycles. The monoisotopic (exact) mass is 575 g/mol. The smallest absolute Gasteiger partial charge is 0.274 e. The van der Waals surface area contributed by atoms with E-state index in [1.54, 1.807) is 12.1 Å². The molecule has 206 valence electrons. The molecule has 4 aromatic rings. The second kappa shape index (κ2) is 9.30. The van der Waals surface area contributed by atoms with Crippen molar-refractivity contribution < 1.29 is 31.7 Å². The van der Waals surface area contributed by atoms with Crippen LogP contribution in [-0.2, 0) is 30.8 Å². The molecule has 0 aromatic heterocycles. The van der Waals surface area contributed by atoms with Crippen molar-refractivity contribution >= 4 is 38.7 Å². The molecule has 2 aliphatic heterocycles. The van der Waals surface area contributed by atoms with Gasteiger partial charge in [0.2, 0.25) is 5.91 Å². The molecule has 9 nitrogen and oxygen atoms in total. The van der Waals surface area contributed by atoms with Crippen LogP contribution in [0.5, 0.6) is 0 Å². The Morgan fingerprint density at radius 2 is 1.54 bits per heavy atom. The van der Waals surface area contributed by atoms with Crippen molar-refractivity contribution in [1.82, 2.24) is 0 Å². The number of hydrogen-bond donors (Lipinski definition) is 0. The Bertz CT molecular complexity index is 1870. The third-order valence-electron chi connectivity index (χ3n) is 7.27. The van der Waals surface area contributed by atoms with Gasteiger partial charge in [0.15, 0.2) is 21.5 Å². The minimum Gasteiger partial charge on any atom is -0.304 e. The summed E-state index contributed by atoms with van der Waals surface area (Å²) in [5, 5.41) is 11.7. The maximum Gasteiger partial charge on any atom is 0.274 e. The fourth-order valence-electron chi connectivity index (χ4n) is 5.44. The zero-order chi connectivity index (χ0) is 29.1. The first kappa shape index (κ1) is 26.3. The number of anilines is 2. The molecular formula is C29H19F2N3O6S. The van der Waals surface area contributed by atoms with E-state index in [0.29, 0.717) is 22.6 Å². The van der Waals surface area contributed by atoms with Crippen molar-refractivity contribution in [3.8, 4) is 11.1 Å². The number of rotatable bonds is 5. The fraction of sp³-hybridized carbons (Fsp3) is 0.103. The average Bonchev–Trinajstić information content (AvgIpc) is 3.32. The van der Waals surface area contributed by atoms with Crippen molar-refractivity contribution in [3.63, 3.8) is 0 Å². The Morgan fingerprint density at radius 1 is 0.854 bits per heavy atom. The van der Waals surface area contributed by atoms with Crippen LogP contribution >= 0.6 is 0 Å². The quantitative estimate of drug-likeness (QED) is 0.252. The molecule has 1 fully saturated rings. The number of carbonyl (C=O) groups excluding carboxylic acids is 2. The topological polar surface area (TPSA) is 118 Å². The van der Waals surface area contributed by atoms with Gasteiger partial charge in [-0.1, -0.05) is 54.6 Å². The summed E-state index contributed by atoms with van der Waals surface area (Å²) in [6.07, 6.45) is 0. The molecule has 1 saturated heterocycles. The van der Waals surface area contributed by atoms with Crippen molar-refractivity contribution in [1.29, 1.82) is 0 Å². The van der Waals surface area contributed by atoms with E-state index in [1.807, 2.05) is 42.5 Å². The fourth-order valence-corrected chi connectivity index (χ4v) is 7.46. The van der Waals surface area contributed by atoms with Crippen molar-refractivity contribution in [2.75, 3.05) is 15.6 Å². The Kier molecular flexibility index (Phi) is 5.96. The number of non-ortho nitro benzene ring substituents is 1. The van der Waals surface area contributed by atoms with Crippen molar-refractivity contribution in [3.05, 3.63) is 124 Å². The SMILES string of the molecule is O=C1CS(=O)(=O)C2(C(=O)N(Cc3ccc(-c4ccccc4)cc3)c3ccc([N+](=O)[O-])cc32)N1c1ccc(F)c(F)c1. The molecule has 0 saturated carbocycles. The summed E-state index contributed by atoms with van der Waals surface area (Å²) in [5.41, 5.74) is 1.32. The number of nitro benzene ring substituents is 1. The molecule has 1 atom stereocenters. The van der Waals surface area contributed by atoms with Crippen LogP contribution in [0.4, 0.5) is 25.8 Å². The molecule has 2 aliphatic rings. The first-order valence-corrected chi connectivity index (χ1v) is 14.0. The van der Waals surface area contributed by atoms with Gasteiger partial charge in [-0.25, -0.2) is 17.2 Å². The molecule has 1 spiro atoms. The van der Waals surface area contributed by atoms with E-state index >= 15 is 0 Å². The van der Waals surface area contributed by atoms with Crippen LogP contribution in [0, 0.1) is 21.7 Å². The lowest BCUT2D eigenvalue weighted by Crippen LogP contribution is -2.54. The summed E-state index contributed by atoms with van der Waals surface area (Å²) in [6.45, 7) is -0.129. The molecule has 6 rings (SSSR count). The summed E-state index contributed by atoms with van der Waals surface area (Å²) >= 11 is 0. The number of benzene rings is 4. The van der Waals surface area contributed by atoms with E-state index in [-0.39, 0.29) is 23.5 Å². The van der Waals surface area contributed by atoms with Crippen molar-refractivity contribution in [2.45, 2.75) is 11.4 Å².